The number of sulfonamides is 1. The van der Waals surface area contributed by atoms with Crippen LogP contribution in [0.15, 0.2) is 71.6 Å². The Kier molecular flexibility index (Phi) is 9.75. The molecule has 8 nitrogen and oxygen atoms in total. The normalized spacial score (nSPS) is 11.9. The molecule has 208 valence electrons. The minimum absolute atomic E-state index is 0.0493. The van der Waals surface area contributed by atoms with Crippen LogP contribution in [0, 0.1) is 20.8 Å². The van der Waals surface area contributed by atoms with Crippen LogP contribution >= 0.6 is 0 Å². The van der Waals surface area contributed by atoms with Gasteiger partial charge in [0.25, 0.3) is 10.0 Å². The lowest BCUT2D eigenvalue weighted by Crippen LogP contribution is -2.51. The van der Waals surface area contributed by atoms with Crippen molar-refractivity contribution in [2.75, 3.05) is 25.0 Å². The molecule has 0 unspecified atom stereocenters. The van der Waals surface area contributed by atoms with Crippen LogP contribution in [0.5, 0.6) is 5.75 Å². The number of ether oxygens (including phenoxy) is 1. The van der Waals surface area contributed by atoms with E-state index in [9.17, 15) is 18.0 Å². The number of benzene rings is 3. The van der Waals surface area contributed by atoms with Crippen molar-refractivity contribution < 1.29 is 22.7 Å². The Bertz CT molecular complexity index is 1420. The molecule has 3 aromatic carbocycles. The summed E-state index contributed by atoms with van der Waals surface area (Å²) in [5.74, 6) is -0.513. The van der Waals surface area contributed by atoms with E-state index in [2.05, 4.69) is 5.32 Å². The van der Waals surface area contributed by atoms with Gasteiger partial charge in [0.1, 0.15) is 18.3 Å². The highest BCUT2D eigenvalue weighted by atomic mass is 32.2. The highest BCUT2D eigenvalue weighted by Gasteiger charge is 2.34. The second-order valence-corrected chi connectivity index (χ2v) is 11.3. The second-order valence-electron chi connectivity index (χ2n) is 9.49. The lowest BCUT2D eigenvalue weighted by molar-refractivity contribution is -0.140. The zero-order valence-electron chi connectivity index (χ0n) is 23.4. The number of amides is 2. The Hall–Kier alpha value is -3.85. The van der Waals surface area contributed by atoms with E-state index in [1.165, 1.54) is 31.2 Å². The molecule has 0 spiro atoms. The van der Waals surface area contributed by atoms with Gasteiger partial charge in [-0.1, -0.05) is 55.0 Å². The average Bonchev–Trinajstić information content (AvgIpc) is 2.92. The first-order valence-electron chi connectivity index (χ1n) is 12.8. The highest BCUT2D eigenvalue weighted by molar-refractivity contribution is 7.92. The third-order valence-electron chi connectivity index (χ3n) is 6.73. The minimum atomic E-state index is -4.18. The predicted molar refractivity (Wildman–Crippen MR) is 153 cm³/mol. The number of nitrogens with one attached hydrogen (secondary N) is 1. The van der Waals surface area contributed by atoms with Crippen molar-refractivity contribution >= 4 is 27.5 Å². The summed E-state index contributed by atoms with van der Waals surface area (Å²) in [7, 11) is -1.21. The van der Waals surface area contributed by atoms with E-state index >= 15 is 0 Å². The van der Waals surface area contributed by atoms with Crippen LogP contribution in [0.4, 0.5) is 5.69 Å². The Labute approximate surface area is 231 Å². The molecule has 0 radical (unpaired) electrons. The van der Waals surface area contributed by atoms with Crippen LogP contribution in [0.2, 0.25) is 0 Å². The first-order chi connectivity index (χ1) is 18.5. The van der Waals surface area contributed by atoms with Crippen molar-refractivity contribution in [1.29, 1.82) is 0 Å². The lowest BCUT2D eigenvalue weighted by Gasteiger charge is -2.33. The fourth-order valence-corrected chi connectivity index (χ4v) is 5.82. The number of rotatable bonds is 11. The van der Waals surface area contributed by atoms with Gasteiger partial charge in [-0.25, -0.2) is 8.42 Å². The van der Waals surface area contributed by atoms with Gasteiger partial charge in [0, 0.05) is 13.6 Å². The number of carbonyl (C=O) groups is 2. The van der Waals surface area contributed by atoms with Gasteiger partial charge in [-0.15, -0.1) is 0 Å². The van der Waals surface area contributed by atoms with Gasteiger partial charge >= 0.3 is 0 Å². The van der Waals surface area contributed by atoms with Crippen molar-refractivity contribution in [2.24, 2.45) is 0 Å². The SMILES string of the molecule is CC[C@H](C(=O)NC)N(Cc1ccccc1C)C(=O)CN(c1cc(C)ccc1OC)S(=O)(=O)c1ccc(C)cc1. The number of hydrogen-bond donors (Lipinski definition) is 1. The summed E-state index contributed by atoms with van der Waals surface area (Å²) in [5, 5.41) is 2.64. The molecule has 0 bridgehead atoms. The molecular weight excluding hydrogens is 514 g/mol. The van der Waals surface area contributed by atoms with Crippen molar-refractivity contribution in [3.8, 4) is 5.75 Å². The summed E-state index contributed by atoms with van der Waals surface area (Å²) in [4.78, 5) is 28.4. The van der Waals surface area contributed by atoms with Crippen LogP contribution in [-0.4, -0.2) is 51.9 Å². The monoisotopic (exact) mass is 551 g/mol. The molecule has 3 aromatic rings. The molecule has 3 rings (SSSR count). The summed E-state index contributed by atoms with van der Waals surface area (Å²) in [6.07, 6.45) is 0.357. The topological polar surface area (TPSA) is 96.0 Å². The van der Waals surface area contributed by atoms with Gasteiger partial charge in [-0.2, -0.15) is 0 Å². The standard InChI is InChI=1S/C30H37N3O5S/c1-7-26(30(35)31-5)32(19-24-11-9-8-10-23(24)4)29(34)20-33(27-18-22(3)14-17-28(27)38-6)39(36,37)25-15-12-21(2)13-16-25/h8-18,26H,7,19-20H2,1-6H3,(H,31,35)/t26-/m1/s1. The molecular formula is C30H37N3O5S. The number of carbonyl (C=O) groups excluding carboxylic acids is 2. The largest absolute Gasteiger partial charge is 0.495 e. The van der Waals surface area contributed by atoms with Gasteiger partial charge in [0.2, 0.25) is 11.8 Å². The number of aryl methyl sites for hydroxylation is 3. The molecule has 2 amide bonds. The van der Waals surface area contributed by atoms with Gasteiger partial charge < -0.3 is 15.0 Å². The third kappa shape index (κ3) is 6.78. The number of nitrogens with zero attached hydrogens (tertiary/aromatic N) is 2. The fourth-order valence-electron chi connectivity index (χ4n) is 4.40. The molecule has 1 N–H and O–H groups in total. The predicted octanol–water partition coefficient (Wildman–Crippen LogP) is 4.37. The highest BCUT2D eigenvalue weighted by Crippen LogP contribution is 2.34. The van der Waals surface area contributed by atoms with E-state index < -0.39 is 28.5 Å². The Balaban J connectivity index is 2.14. The number of anilines is 1. The van der Waals surface area contributed by atoms with E-state index in [-0.39, 0.29) is 23.0 Å². The third-order valence-corrected chi connectivity index (χ3v) is 8.50. The molecule has 0 heterocycles. The zero-order chi connectivity index (χ0) is 28.7. The Morgan fingerprint density at radius 3 is 2.18 bits per heavy atom. The lowest BCUT2D eigenvalue weighted by atomic mass is 10.1. The molecule has 0 fully saturated rings. The number of likely N-dealkylation sites (N-methyl/N-ethyl adjacent to an activating group) is 1. The maximum absolute atomic E-state index is 14.1. The molecule has 39 heavy (non-hydrogen) atoms. The van der Waals surface area contributed by atoms with Crippen molar-refractivity contribution in [2.45, 2.75) is 51.6 Å². The van der Waals surface area contributed by atoms with Gasteiger partial charge in [-0.3, -0.25) is 13.9 Å². The zero-order valence-corrected chi connectivity index (χ0v) is 24.2. The molecule has 0 aliphatic carbocycles. The maximum atomic E-state index is 14.1. The van der Waals surface area contributed by atoms with Gasteiger partial charge in [0.15, 0.2) is 0 Å². The molecule has 0 aromatic heterocycles. The summed E-state index contributed by atoms with van der Waals surface area (Å²) in [6.45, 7) is 7.10. The van der Waals surface area contributed by atoms with E-state index in [1.54, 1.807) is 24.3 Å². The van der Waals surface area contributed by atoms with Crippen LogP contribution in [0.1, 0.15) is 35.6 Å². The summed E-state index contributed by atoms with van der Waals surface area (Å²) in [5.41, 5.74) is 3.79. The van der Waals surface area contributed by atoms with E-state index in [0.717, 1.165) is 26.6 Å². The summed E-state index contributed by atoms with van der Waals surface area (Å²) < 4.78 is 34.7. The Morgan fingerprint density at radius 2 is 1.59 bits per heavy atom. The van der Waals surface area contributed by atoms with E-state index in [1.807, 2.05) is 58.0 Å². The first kappa shape index (κ1) is 29.7. The summed E-state index contributed by atoms with van der Waals surface area (Å²) >= 11 is 0. The molecule has 9 heteroatoms. The molecule has 0 aliphatic heterocycles. The van der Waals surface area contributed by atoms with Gasteiger partial charge in [0.05, 0.1) is 17.7 Å². The van der Waals surface area contributed by atoms with Crippen LogP contribution in [0.25, 0.3) is 0 Å². The maximum Gasteiger partial charge on any atom is 0.264 e. The van der Waals surface area contributed by atoms with Crippen molar-refractivity contribution in [1.82, 2.24) is 10.2 Å². The average molecular weight is 552 g/mol. The Morgan fingerprint density at radius 1 is 0.949 bits per heavy atom. The fraction of sp³-hybridized carbons (Fsp3) is 0.333. The molecule has 0 saturated heterocycles. The smallest absolute Gasteiger partial charge is 0.264 e. The molecule has 1 atom stereocenters. The quantitative estimate of drug-likeness (QED) is 0.382. The second kappa shape index (κ2) is 12.8. The van der Waals surface area contributed by atoms with Crippen molar-refractivity contribution in [3.63, 3.8) is 0 Å². The molecule has 0 saturated carbocycles. The van der Waals surface area contributed by atoms with Crippen LogP contribution < -0.4 is 14.4 Å². The summed E-state index contributed by atoms with van der Waals surface area (Å²) in [6, 6.07) is 18.5. The van der Waals surface area contributed by atoms with Gasteiger partial charge in [-0.05, 0) is 68.1 Å². The van der Waals surface area contributed by atoms with Crippen molar-refractivity contribution in [3.05, 3.63) is 89.0 Å². The van der Waals surface area contributed by atoms with Crippen LogP contribution in [0.3, 0.4) is 0 Å². The van der Waals surface area contributed by atoms with E-state index in [0.29, 0.717) is 12.2 Å². The van der Waals surface area contributed by atoms with Crippen LogP contribution in [-0.2, 0) is 26.2 Å². The first-order valence-corrected chi connectivity index (χ1v) is 14.3. The minimum Gasteiger partial charge on any atom is -0.495 e. The number of hydrogen-bond acceptors (Lipinski definition) is 5. The number of methoxy groups -OCH3 is 1. The van der Waals surface area contributed by atoms with E-state index in [4.69, 9.17) is 4.74 Å². The molecule has 0 aliphatic rings.